The van der Waals surface area contributed by atoms with Gasteiger partial charge in [-0.3, -0.25) is 0 Å². The van der Waals surface area contributed by atoms with Crippen LogP contribution in [0.1, 0.15) is 20.8 Å². The maximum absolute atomic E-state index is 3.70. The van der Waals surface area contributed by atoms with Gasteiger partial charge in [-0.1, -0.05) is 25.8 Å². The highest BCUT2D eigenvalue weighted by molar-refractivity contribution is 5.03. The average molecular weight is 122 g/mol. The van der Waals surface area contributed by atoms with Crippen LogP contribution in [0, 0.1) is 23.7 Å². The Morgan fingerprint density at radius 3 is 2.33 bits per heavy atom. The summed E-state index contributed by atoms with van der Waals surface area (Å²) in [5.41, 5.74) is 0. The minimum absolute atomic E-state index is 0.451. The van der Waals surface area contributed by atoms with Crippen molar-refractivity contribution >= 4 is 0 Å². The molecule has 0 spiro atoms. The largest absolute Gasteiger partial charge is 0.106 e. The first-order chi connectivity index (χ1) is 4.22. The minimum atomic E-state index is 0.451. The van der Waals surface area contributed by atoms with E-state index >= 15 is 0 Å². The molecule has 9 heavy (non-hydrogen) atoms. The second kappa shape index (κ2) is 4.21. The van der Waals surface area contributed by atoms with E-state index < -0.39 is 0 Å². The van der Waals surface area contributed by atoms with Crippen LogP contribution >= 0.6 is 0 Å². The summed E-state index contributed by atoms with van der Waals surface area (Å²) in [6, 6.07) is 0. The highest BCUT2D eigenvalue weighted by Gasteiger charge is 2.02. The lowest BCUT2D eigenvalue weighted by atomic mass is 9.97. The van der Waals surface area contributed by atoms with E-state index in [1.54, 1.807) is 0 Å². The molecule has 0 saturated carbocycles. The second-order valence-corrected chi connectivity index (χ2v) is 2.28. The van der Waals surface area contributed by atoms with E-state index in [9.17, 15) is 0 Å². The standard InChI is InChI=1S/C9H14/c1-5-7-9(4)8(3)6-2/h6,8-9H,2H2,1,3-4H3. The molecule has 0 fully saturated rings. The molecule has 0 amide bonds. The van der Waals surface area contributed by atoms with Crippen LogP contribution < -0.4 is 0 Å². The van der Waals surface area contributed by atoms with Crippen molar-refractivity contribution in [2.45, 2.75) is 20.8 Å². The average Bonchev–Trinajstić information content (AvgIpc) is 1.87. The van der Waals surface area contributed by atoms with Crippen molar-refractivity contribution in [2.75, 3.05) is 0 Å². The van der Waals surface area contributed by atoms with E-state index in [0.29, 0.717) is 11.8 Å². The van der Waals surface area contributed by atoms with Gasteiger partial charge in [-0.15, -0.1) is 12.5 Å². The Morgan fingerprint density at radius 2 is 2.00 bits per heavy atom. The molecule has 0 aromatic heterocycles. The molecule has 0 heterocycles. The summed E-state index contributed by atoms with van der Waals surface area (Å²) in [5.74, 6) is 6.92. The van der Waals surface area contributed by atoms with E-state index in [2.05, 4.69) is 32.3 Å². The zero-order valence-electron chi connectivity index (χ0n) is 6.44. The number of rotatable bonds is 2. The molecule has 0 nitrogen and oxygen atoms in total. The van der Waals surface area contributed by atoms with E-state index in [4.69, 9.17) is 0 Å². The molecule has 2 atom stereocenters. The Bertz CT molecular complexity index is 134. The third-order valence-corrected chi connectivity index (χ3v) is 1.53. The van der Waals surface area contributed by atoms with Crippen molar-refractivity contribution in [3.63, 3.8) is 0 Å². The molecule has 0 aliphatic heterocycles. The maximum atomic E-state index is 3.70. The molecule has 0 N–H and O–H groups in total. The molecule has 0 aromatic carbocycles. The van der Waals surface area contributed by atoms with Crippen LogP contribution in [0.5, 0.6) is 0 Å². The molecule has 0 rings (SSSR count). The maximum Gasteiger partial charge on any atom is 0.0234 e. The molecule has 0 heteroatoms. The Hall–Kier alpha value is -0.700. The number of hydrogen-bond donors (Lipinski definition) is 0. The van der Waals surface area contributed by atoms with Crippen molar-refractivity contribution in [1.29, 1.82) is 0 Å². The molecule has 0 aromatic rings. The summed E-state index contributed by atoms with van der Waals surface area (Å²) in [5, 5.41) is 0. The van der Waals surface area contributed by atoms with Gasteiger partial charge in [-0.2, -0.15) is 0 Å². The van der Waals surface area contributed by atoms with E-state index in [1.807, 2.05) is 13.0 Å². The first kappa shape index (κ1) is 8.30. The summed E-state index contributed by atoms with van der Waals surface area (Å²) in [4.78, 5) is 0. The van der Waals surface area contributed by atoms with Gasteiger partial charge in [0.25, 0.3) is 0 Å². The van der Waals surface area contributed by atoms with Crippen molar-refractivity contribution in [3.05, 3.63) is 12.7 Å². The minimum Gasteiger partial charge on any atom is -0.106 e. The van der Waals surface area contributed by atoms with Crippen LogP contribution in [0.4, 0.5) is 0 Å². The van der Waals surface area contributed by atoms with Crippen molar-refractivity contribution in [3.8, 4) is 11.8 Å². The molecule has 0 aliphatic carbocycles. The van der Waals surface area contributed by atoms with Gasteiger partial charge in [-0.25, -0.2) is 0 Å². The second-order valence-electron chi connectivity index (χ2n) is 2.28. The summed E-state index contributed by atoms with van der Waals surface area (Å²) >= 11 is 0. The highest BCUT2D eigenvalue weighted by atomic mass is 14.1. The van der Waals surface area contributed by atoms with Crippen LogP contribution in [0.2, 0.25) is 0 Å². The third-order valence-electron chi connectivity index (χ3n) is 1.53. The molecular weight excluding hydrogens is 108 g/mol. The zero-order valence-corrected chi connectivity index (χ0v) is 6.44. The quantitative estimate of drug-likeness (QED) is 0.390. The van der Waals surface area contributed by atoms with Gasteiger partial charge in [0.1, 0.15) is 0 Å². The zero-order chi connectivity index (χ0) is 7.28. The summed E-state index contributed by atoms with van der Waals surface area (Å²) in [7, 11) is 0. The normalized spacial score (nSPS) is 15.0. The monoisotopic (exact) mass is 122 g/mol. The molecular formula is C9H14. The lowest BCUT2D eigenvalue weighted by Gasteiger charge is -2.07. The summed E-state index contributed by atoms with van der Waals surface area (Å²) in [6.07, 6.45) is 1.94. The smallest absolute Gasteiger partial charge is 0.0234 e. The Labute approximate surface area is 58.0 Å². The van der Waals surface area contributed by atoms with Gasteiger partial charge in [-0.05, 0) is 12.8 Å². The lowest BCUT2D eigenvalue weighted by Crippen LogP contribution is -2.00. The topological polar surface area (TPSA) is 0 Å². The molecule has 0 bridgehead atoms. The van der Waals surface area contributed by atoms with Gasteiger partial charge in [0, 0.05) is 5.92 Å². The van der Waals surface area contributed by atoms with Crippen LogP contribution in [-0.2, 0) is 0 Å². The Balaban J connectivity index is 3.81. The fraction of sp³-hybridized carbons (Fsp3) is 0.556. The van der Waals surface area contributed by atoms with Crippen molar-refractivity contribution in [1.82, 2.24) is 0 Å². The predicted molar refractivity (Wildman–Crippen MR) is 42.0 cm³/mol. The summed E-state index contributed by atoms with van der Waals surface area (Å²) in [6.45, 7) is 9.80. The van der Waals surface area contributed by atoms with Crippen LogP contribution in [0.25, 0.3) is 0 Å². The fourth-order valence-electron chi connectivity index (χ4n) is 0.563. The fourth-order valence-corrected chi connectivity index (χ4v) is 0.563. The Morgan fingerprint density at radius 1 is 1.44 bits per heavy atom. The van der Waals surface area contributed by atoms with Gasteiger partial charge >= 0.3 is 0 Å². The van der Waals surface area contributed by atoms with E-state index in [1.165, 1.54) is 0 Å². The number of allylic oxidation sites excluding steroid dienone is 1. The first-order valence-corrected chi connectivity index (χ1v) is 3.27. The van der Waals surface area contributed by atoms with E-state index in [0.717, 1.165) is 0 Å². The van der Waals surface area contributed by atoms with Crippen molar-refractivity contribution < 1.29 is 0 Å². The molecule has 0 aliphatic rings. The van der Waals surface area contributed by atoms with Gasteiger partial charge in [0.2, 0.25) is 0 Å². The molecule has 50 valence electrons. The van der Waals surface area contributed by atoms with Gasteiger partial charge < -0.3 is 0 Å². The highest BCUT2D eigenvalue weighted by Crippen LogP contribution is 2.09. The lowest BCUT2D eigenvalue weighted by molar-refractivity contribution is 0.577. The van der Waals surface area contributed by atoms with Crippen LogP contribution in [0.15, 0.2) is 12.7 Å². The molecule has 0 radical (unpaired) electrons. The Kier molecular flexibility index (Phi) is 3.88. The van der Waals surface area contributed by atoms with Gasteiger partial charge in [0.15, 0.2) is 0 Å². The first-order valence-electron chi connectivity index (χ1n) is 3.27. The van der Waals surface area contributed by atoms with Crippen LogP contribution in [0.3, 0.4) is 0 Å². The van der Waals surface area contributed by atoms with E-state index in [-0.39, 0.29) is 0 Å². The number of hydrogen-bond acceptors (Lipinski definition) is 0. The van der Waals surface area contributed by atoms with Gasteiger partial charge in [0.05, 0.1) is 0 Å². The molecule has 2 unspecified atom stereocenters. The SMILES string of the molecule is C=CC(C)C(C)C#CC. The molecule has 0 saturated heterocycles. The van der Waals surface area contributed by atoms with Crippen molar-refractivity contribution in [2.24, 2.45) is 11.8 Å². The summed E-state index contributed by atoms with van der Waals surface area (Å²) < 4.78 is 0. The van der Waals surface area contributed by atoms with Crippen LogP contribution in [-0.4, -0.2) is 0 Å². The third kappa shape index (κ3) is 2.98. The predicted octanol–water partition coefficient (Wildman–Crippen LogP) is 2.47.